The first kappa shape index (κ1) is 22.5. The number of nitrogens with zero attached hydrogens (tertiary/aromatic N) is 2. The fourth-order valence-corrected chi connectivity index (χ4v) is 3.98. The summed E-state index contributed by atoms with van der Waals surface area (Å²) >= 11 is 11.7. The summed E-state index contributed by atoms with van der Waals surface area (Å²) in [4.78, 5) is 10.6. The van der Waals surface area contributed by atoms with Gasteiger partial charge >= 0.3 is 0 Å². The quantitative estimate of drug-likeness (QED) is 0.263. The van der Waals surface area contributed by atoms with Crippen molar-refractivity contribution < 1.29 is 13.3 Å². The highest BCUT2D eigenvalue weighted by Crippen LogP contribution is 2.29. The Balaban J connectivity index is 1.88. The van der Waals surface area contributed by atoms with Crippen molar-refractivity contribution in [3.63, 3.8) is 0 Å². The van der Waals surface area contributed by atoms with Crippen LogP contribution in [-0.2, 0) is 10.0 Å². The molecule has 3 aromatic rings. The second-order valence-corrected chi connectivity index (χ2v) is 8.92. The van der Waals surface area contributed by atoms with E-state index in [0.29, 0.717) is 15.8 Å². The molecule has 8 nitrogen and oxygen atoms in total. The summed E-state index contributed by atoms with van der Waals surface area (Å²) in [6, 6.07) is 16.5. The average Bonchev–Trinajstić information content (AvgIpc) is 2.72. The predicted octanol–water partition coefficient (Wildman–Crippen LogP) is 5.54. The highest BCUT2D eigenvalue weighted by atomic mass is 35.5. The number of halogens is 2. The van der Waals surface area contributed by atoms with E-state index in [9.17, 15) is 18.5 Å². The zero-order valence-electron chi connectivity index (χ0n) is 16.0. The van der Waals surface area contributed by atoms with Crippen molar-refractivity contribution in [2.45, 2.75) is 11.8 Å². The van der Waals surface area contributed by atoms with Crippen molar-refractivity contribution in [3.8, 4) is 0 Å². The number of hydrazone groups is 1. The molecule has 0 spiro atoms. The molecule has 160 valence electrons. The lowest BCUT2D eigenvalue weighted by Gasteiger charge is -2.10. The minimum Gasteiger partial charge on any atom is -0.280 e. The van der Waals surface area contributed by atoms with Gasteiger partial charge in [-0.15, -0.1) is 0 Å². The summed E-state index contributed by atoms with van der Waals surface area (Å²) in [5.41, 5.74) is 3.79. The smallest absolute Gasteiger partial charge is 0.280 e. The highest BCUT2D eigenvalue weighted by molar-refractivity contribution is 7.92. The summed E-state index contributed by atoms with van der Waals surface area (Å²) in [5, 5.41) is 16.6. The lowest BCUT2D eigenvalue weighted by molar-refractivity contribution is -0.384. The first-order valence-corrected chi connectivity index (χ1v) is 11.0. The molecule has 0 bridgehead atoms. The van der Waals surface area contributed by atoms with Crippen molar-refractivity contribution in [1.82, 2.24) is 0 Å². The molecule has 0 aliphatic rings. The van der Waals surface area contributed by atoms with Crippen LogP contribution in [0.15, 0.2) is 76.7 Å². The number of sulfonamides is 1. The van der Waals surface area contributed by atoms with E-state index in [4.69, 9.17) is 23.2 Å². The number of anilines is 2. The Kier molecular flexibility index (Phi) is 6.79. The lowest BCUT2D eigenvalue weighted by atomic mass is 10.1. The Bertz CT molecular complexity index is 1260. The van der Waals surface area contributed by atoms with E-state index < -0.39 is 20.6 Å². The van der Waals surface area contributed by atoms with Crippen LogP contribution < -0.4 is 10.1 Å². The zero-order chi connectivity index (χ0) is 22.6. The van der Waals surface area contributed by atoms with Gasteiger partial charge in [0.05, 0.1) is 21.2 Å². The molecule has 0 radical (unpaired) electrons. The van der Waals surface area contributed by atoms with Gasteiger partial charge in [0.2, 0.25) is 0 Å². The summed E-state index contributed by atoms with van der Waals surface area (Å²) < 4.78 is 27.6. The van der Waals surface area contributed by atoms with Crippen LogP contribution in [0.25, 0.3) is 0 Å². The van der Waals surface area contributed by atoms with Crippen LogP contribution >= 0.6 is 23.2 Å². The molecule has 0 aliphatic heterocycles. The van der Waals surface area contributed by atoms with Gasteiger partial charge in [-0.05, 0) is 55.0 Å². The maximum absolute atomic E-state index is 12.6. The summed E-state index contributed by atoms with van der Waals surface area (Å²) in [7, 11) is -4.07. The van der Waals surface area contributed by atoms with Gasteiger partial charge in [-0.3, -0.25) is 20.3 Å². The van der Waals surface area contributed by atoms with Crippen LogP contribution in [0.1, 0.15) is 12.5 Å². The van der Waals surface area contributed by atoms with E-state index in [1.807, 2.05) is 0 Å². The van der Waals surface area contributed by atoms with Gasteiger partial charge in [0.15, 0.2) is 0 Å². The maximum atomic E-state index is 12.6. The zero-order valence-corrected chi connectivity index (χ0v) is 18.4. The number of hydrogen-bond donors (Lipinski definition) is 2. The van der Waals surface area contributed by atoms with Gasteiger partial charge in [0, 0.05) is 16.1 Å². The summed E-state index contributed by atoms with van der Waals surface area (Å²) in [6.07, 6.45) is 0. The largest absolute Gasteiger partial charge is 0.295 e. The topological polar surface area (TPSA) is 114 Å². The van der Waals surface area contributed by atoms with Crippen LogP contribution in [0.3, 0.4) is 0 Å². The van der Waals surface area contributed by atoms with Gasteiger partial charge in [-0.1, -0.05) is 41.4 Å². The van der Waals surface area contributed by atoms with E-state index in [0.717, 1.165) is 11.6 Å². The van der Waals surface area contributed by atoms with Gasteiger partial charge in [-0.2, -0.15) is 5.10 Å². The third kappa shape index (κ3) is 5.72. The van der Waals surface area contributed by atoms with E-state index in [-0.39, 0.29) is 16.3 Å². The van der Waals surface area contributed by atoms with Gasteiger partial charge < -0.3 is 0 Å². The van der Waals surface area contributed by atoms with Crippen LogP contribution in [0, 0.1) is 10.1 Å². The average molecular weight is 479 g/mol. The minimum atomic E-state index is -4.07. The number of hydrogen-bond acceptors (Lipinski definition) is 6. The second kappa shape index (κ2) is 9.34. The standard InChI is InChI=1S/C20H16Cl2N4O4S/c1-13(14-5-7-15(21)8-6-14)23-24-19-10-9-18(12-20(19)26(27)28)31(29,30)25-17-4-2-3-16(22)11-17/h2-12,24-25H,1H3. The molecule has 31 heavy (non-hydrogen) atoms. The lowest BCUT2D eigenvalue weighted by Crippen LogP contribution is -2.13. The SMILES string of the molecule is CC(=NNc1ccc(S(=O)(=O)Nc2cccc(Cl)c2)cc1[N+](=O)[O-])c1ccc(Cl)cc1. The highest BCUT2D eigenvalue weighted by Gasteiger charge is 2.22. The second-order valence-electron chi connectivity index (χ2n) is 6.37. The molecule has 0 saturated carbocycles. The molecule has 3 aromatic carbocycles. The fraction of sp³-hybridized carbons (Fsp3) is 0.0500. The number of nitrogens with one attached hydrogen (secondary N) is 2. The number of nitro groups is 1. The van der Waals surface area contributed by atoms with Crippen LogP contribution in [0.4, 0.5) is 17.1 Å². The van der Waals surface area contributed by atoms with Crippen molar-refractivity contribution in [1.29, 1.82) is 0 Å². The Morgan fingerprint density at radius 3 is 2.35 bits per heavy atom. The van der Waals surface area contributed by atoms with E-state index >= 15 is 0 Å². The summed E-state index contributed by atoms with van der Waals surface area (Å²) in [5.74, 6) is 0. The van der Waals surface area contributed by atoms with Gasteiger partial charge in [-0.25, -0.2) is 8.42 Å². The number of nitro benzene ring substituents is 1. The van der Waals surface area contributed by atoms with Crippen molar-refractivity contribution in [3.05, 3.63) is 92.5 Å². The number of benzene rings is 3. The molecule has 0 unspecified atom stereocenters. The Labute approximate surface area is 188 Å². The minimum absolute atomic E-state index is 0.0417. The van der Waals surface area contributed by atoms with Crippen molar-refractivity contribution in [2.75, 3.05) is 10.1 Å². The van der Waals surface area contributed by atoms with Gasteiger partial charge in [0.25, 0.3) is 15.7 Å². The summed E-state index contributed by atoms with van der Waals surface area (Å²) in [6.45, 7) is 1.72. The predicted molar refractivity (Wildman–Crippen MR) is 123 cm³/mol. The normalized spacial score (nSPS) is 11.8. The third-order valence-electron chi connectivity index (χ3n) is 4.16. The van der Waals surface area contributed by atoms with Crippen LogP contribution in [0.2, 0.25) is 10.0 Å². The van der Waals surface area contributed by atoms with E-state index in [2.05, 4.69) is 15.2 Å². The monoisotopic (exact) mass is 478 g/mol. The molecule has 0 amide bonds. The van der Waals surface area contributed by atoms with Crippen molar-refractivity contribution in [2.24, 2.45) is 5.10 Å². The number of rotatable bonds is 7. The van der Waals surface area contributed by atoms with E-state index in [1.165, 1.54) is 24.3 Å². The molecule has 11 heteroatoms. The van der Waals surface area contributed by atoms with Gasteiger partial charge in [0.1, 0.15) is 5.69 Å². The first-order chi connectivity index (χ1) is 14.7. The molecule has 0 aliphatic carbocycles. The van der Waals surface area contributed by atoms with Crippen LogP contribution in [0.5, 0.6) is 0 Å². The molecule has 0 heterocycles. The fourth-order valence-electron chi connectivity index (χ4n) is 2.59. The molecular weight excluding hydrogens is 463 g/mol. The molecule has 2 N–H and O–H groups in total. The molecule has 0 aromatic heterocycles. The molecule has 0 fully saturated rings. The molecule has 3 rings (SSSR count). The Morgan fingerprint density at radius 1 is 1.00 bits per heavy atom. The van der Waals surface area contributed by atoms with Crippen LogP contribution in [-0.4, -0.2) is 19.1 Å². The molecule has 0 saturated heterocycles. The maximum Gasteiger partial charge on any atom is 0.295 e. The van der Waals surface area contributed by atoms with E-state index in [1.54, 1.807) is 43.3 Å². The van der Waals surface area contributed by atoms with Crippen molar-refractivity contribution >= 4 is 56.0 Å². The Morgan fingerprint density at radius 2 is 1.71 bits per heavy atom. The molecule has 0 atom stereocenters. The first-order valence-electron chi connectivity index (χ1n) is 8.79. The molecular formula is C20H16Cl2N4O4S. The Hall–Kier alpha value is -3.14. The third-order valence-corrected chi connectivity index (χ3v) is 6.03.